The first-order valence-electron chi connectivity index (χ1n) is 9.43. The van der Waals surface area contributed by atoms with Crippen LogP contribution < -0.4 is 0 Å². The summed E-state index contributed by atoms with van der Waals surface area (Å²) in [4.78, 5) is 23.3. The Bertz CT molecular complexity index is 727. The second kappa shape index (κ2) is 6.98. The molecule has 1 amide bonds. The first-order chi connectivity index (χ1) is 12.2. The molecule has 1 aliphatic heterocycles. The molecule has 25 heavy (non-hydrogen) atoms. The predicted molar refractivity (Wildman–Crippen MR) is 96.3 cm³/mol. The quantitative estimate of drug-likeness (QED) is 0.860. The van der Waals surface area contributed by atoms with Gasteiger partial charge in [0, 0.05) is 49.3 Å². The van der Waals surface area contributed by atoms with Crippen LogP contribution in [0.3, 0.4) is 0 Å². The minimum Gasteiger partial charge on any atom is -0.342 e. The van der Waals surface area contributed by atoms with E-state index >= 15 is 0 Å². The van der Waals surface area contributed by atoms with Crippen LogP contribution >= 0.6 is 0 Å². The standard InChI is InChI=1S/C20H26N4O/c1-15-14-22-20(17-3-2-4-17)24(15)18-7-11-23(12-8-18)19(25)13-16-5-9-21-10-6-16/h5-6,9-10,14,17-18H,2-4,7-8,11-13H2,1H3. The first kappa shape index (κ1) is 16.3. The fourth-order valence-corrected chi connectivity index (χ4v) is 4.07. The summed E-state index contributed by atoms with van der Waals surface area (Å²) < 4.78 is 2.47. The molecule has 2 aromatic heterocycles. The highest BCUT2D eigenvalue weighted by Crippen LogP contribution is 2.38. The topological polar surface area (TPSA) is 51.0 Å². The lowest BCUT2D eigenvalue weighted by atomic mass is 9.84. The smallest absolute Gasteiger partial charge is 0.226 e. The van der Waals surface area contributed by atoms with Crippen LogP contribution in [0.15, 0.2) is 30.7 Å². The van der Waals surface area contributed by atoms with Gasteiger partial charge in [-0.15, -0.1) is 0 Å². The molecular weight excluding hydrogens is 312 g/mol. The average Bonchev–Trinajstić information content (AvgIpc) is 2.95. The molecule has 0 N–H and O–H groups in total. The van der Waals surface area contributed by atoms with Gasteiger partial charge in [0.05, 0.1) is 6.42 Å². The number of piperidine rings is 1. The number of hydrogen-bond donors (Lipinski definition) is 0. The van der Waals surface area contributed by atoms with Crippen molar-refractivity contribution >= 4 is 5.91 Å². The second-order valence-electron chi connectivity index (χ2n) is 7.40. The number of nitrogens with zero attached hydrogens (tertiary/aromatic N) is 4. The van der Waals surface area contributed by atoms with E-state index in [-0.39, 0.29) is 5.91 Å². The van der Waals surface area contributed by atoms with E-state index in [1.54, 1.807) is 12.4 Å². The Labute approximate surface area is 149 Å². The first-order valence-corrected chi connectivity index (χ1v) is 9.43. The lowest BCUT2D eigenvalue weighted by Gasteiger charge is -2.36. The third-order valence-electron chi connectivity index (χ3n) is 5.77. The highest BCUT2D eigenvalue weighted by atomic mass is 16.2. The highest BCUT2D eigenvalue weighted by molar-refractivity contribution is 5.78. The summed E-state index contributed by atoms with van der Waals surface area (Å²) in [6.45, 7) is 3.85. The van der Waals surface area contributed by atoms with Crippen molar-refractivity contribution in [2.24, 2.45) is 0 Å². The minimum atomic E-state index is 0.228. The number of rotatable bonds is 4. The van der Waals surface area contributed by atoms with E-state index < -0.39 is 0 Å². The van der Waals surface area contributed by atoms with Crippen molar-refractivity contribution in [1.82, 2.24) is 19.4 Å². The predicted octanol–water partition coefficient (Wildman–Crippen LogP) is 3.26. The van der Waals surface area contributed by atoms with Gasteiger partial charge in [0.2, 0.25) is 5.91 Å². The van der Waals surface area contributed by atoms with Gasteiger partial charge in [-0.2, -0.15) is 0 Å². The van der Waals surface area contributed by atoms with Crippen molar-refractivity contribution in [1.29, 1.82) is 0 Å². The number of carbonyl (C=O) groups is 1. The van der Waals surface area contributed by atoms with E-state index in [4.69, 9.17) is 4.98 Å². The summed E-state index contributed by atoms with van der Waals surface area (Å²) in [5.74, 6) is 2.16. The number of pyridine rings is 1. The van der Waals surface area contributed by atoms with E-state index in [0.29, 0.717) is 18.4 Å². The van der Waals surface area contributed by atoms with E-state index in [1.165, 1.54) is 30.8 Å². The van der Waals surface area contributed by atoms with Crippen molar-refractivity contribution in [3.63, 3.8) is 0 Å². The maximum Gasteiger partial charge on any atom is 0.226 e. The molecule has 1 saturated carbocycles. The van der Waals surface area contributed by atoms with Gasteiger partial charge in [0.25, 0.3) is 0 Å². The fourth-order valence-electron chi connectivity index (χ4n) is 4.07. The van der Waals surface area contributed by atoms with Gasteiger partial charge in [-0.1, -0.05) is 6.42 Å². The molecule has 132 valence electrons. The largest absolute Gasteiger partial charge is 0.342 e. The van der Waals surface area contributed by atoms with E-state index in [2.05, 4.69) is 16.5 Å². The molecule has 1 aliphatic carbocycles. The molecule has 0 atom stereocenters. The zero-order chi connectivity index (χ0) is 17.2. The van der Waals surface area contributed by atoms with Crippen LogP contribution in [0.25, 0.3) is 0 Å². The third-order valence-corrected chi connectivity index (χ3v) is 5.77. The number of carbonyl (C=O) groups excluding carboxylic acids is 1. The number of likely N-dealkylation sites (tertiary alicyclic amines) is 1. The molecule has 0 bridgehead atoms. The Morgan fingerprint density at radius 3 is 2.52 bits per heavy atom. The SMILES string of the molecule is Cc1cnc(C2CCC2)n1C1CCN(C(=O)Cc2ccncc2)CC1. The molecule has 0 radical (unpaired) electrons. The number of amides is 1. The number of hydrogen-bond acceptors (Lipinski definition) is 3. The van der Waals surface area contributed by atoms with Crippen LogP contribution in [0.4, 0.5) is 0 Å². The minimum absolute atomic E-state index is 0.228. The summed E-state index contributed by atoms with van der Waals surface area (Å²) in [7, 11) is 0. The van der Waals surface area contributed by atoms with Gasteiger partial charge in [-0.05, 0) is 50.3 Å². The van der Waals surface area contributed by atoms with Gasteiger partial charge in [-0.3, -0.25) is 9.78 Å². The molecule has 0 spiro atoms. The van der Waals surface area contributed by atoms with Crippen molar-refractivity contribution in [2.45, 2.75) is 57.4 Å². The second-order valence-corrected chi connectivity index (χ2v) is 7.40. The summed E-state index contributed by atoms with van der Waals surface area (Å²) >= 11 is 0. The molecule has 5 heteroatoms. The zero-order valence-corrected chi connectivity index (χ0v) is 14.9. The molecule has 5 nitrogen and oxygen atoms in total. The van der Waals surface area contributed by atoms with Crippen LogP contribution in [0.5, 0.6) is 0 Å². The zero-order valence-electron chi connectivity index (χ0n) is 14.9. The number of aromatic nitrogens is 3. The van der Waals surface area contributed by atoms with Crippen LogP contribution in [0.2, 0.25) is 0 Å². The van der Waals surface area contributed by atoms with Gasteiger partial charge in [-0.25, -0.2) is 4.98 Å². The monoisotopic (exact) mass is 338 g/mol. The molecule has 2 aliphatic rings. The molecule has 1 saturated heterocycles. The van der Waals surface area contributed by atoms with Gasteiger partial charge >= 0.3 is 0 Å². The summed E-state index contributed by atoms with van der Waals surface area (Å²) in [6.07, 6.45) is 11.9. The summed E-state index contributed by atoms with van der Waals surface area (Å²) in [6, 6.07) is 4.33. The average molecular weight is 338 g/mol. The fraction of sp³-hybridized carbons (Fsp3) is 0.550. The van der Waals surface area contributed by atoms with Crippen molar-refractivity contribution < 1.29 is 4.79 Å². The van der Waals surface area contributed by atoms with Crippen LogP contribution in [-0.2, 0) is 11.2 Å². The van der Waals surface area contributed by atoms with Crippen LogP contribution in [0.1, 0.15) is 61.1 Å². The van der Waals surface area contributed by atoms with E-state index in [1.807, 2.05) is 23.2 Å². The Morgan fingerprint density at radius 1 is 1.16 bits per heavy atom. The Morgan fingerprint density at radius 2 is 1.88 bits per heavy atom. The van der Waals surface area contributed by atoms with Crippen molar-refractivity contribution in [2.75, 3.05) is 13.1 Å². The maximum atomic E-state index is 12.5. The molecule has 2 fully saturated rings. The molecule has 2 aromatic rings. The summed E-state index contributed by atoms with van der Waals surface area (Å²) in [5, 5.41) is 0. The Hall–Kier alpha value is -2.17. The molecule has 0 unspecified atom stereocenters. The lowest BCUT2D eigenvalue weighted by molar-refractivity contribution is -0.131. The van der Waals surface area contributed by atoms with Crippen molar-refractivity contribution in [3.8, 4) is 0 Å². The number of imidazole rings is 1. The van der Waals surface area contributed by atoms with Crippen LogP contribution in [-0.4, -0.2) is 38.4 Å². The highest BCUT2D eigenvalue weighted by Gasteiger charge is 2.30. The van der Waals surface area contributed by atoms with E-state index in [0.717, 1.165) is 31.5 Å². The molecular formula is C20H26N4O. The van der Waals surface area contributed by atoms with Gasteiger partial charge in [0.15, 0.2) is 0 Å². The number of aryl methyl sites for hydroxylation is 1. The third kappa shape index (κ3) is 3.32. The van der Waals surface area contributed by atoms with Gasteiger partial charge < -0.3 is 9.47 Å². The molecule has 0 aromatic carbocycles. The van der Waals surface area contributed by atoms with Crippen LogP contribution in [0, 0.1) is 6.92 Å². The lowest BCUT2D eigenvalue weighted by Crippen LogP contribution is -2.40. The molecule has 3 heterocycles. The van der Waals surface area contributed by atoms with E-state index in [9.17, 15) is 4.79 Å². The van der Waals surface area contributed by atoms with Crippen molar-refractivity contribution in [3.05, 3.63) is 47.8 Å². The van der Waals surface area contributed by atoms with Gasteiger partial charge in [0.1, 0.15) is 5.82 Å². The Balaban J connectivity index is 1.39. The normalized spacial score (nSPS) is 19.0. The maximum absolute atomic E-state index is 12.5. The molecule has 4 rings (SSSR count). The summed E-state index contributed by atoms with van der Waals surface area (Å²) in [5.41, 5.74) is 2.31. The Kier molecular flexibility index (Phi) is 4.55.